The molecule has 8 heteroatoms. The maximum absolute atomic E-state index is 12.2. The molecule has 112 valence electrons. The average molecular weight is 324 g/mol. The van der Waals surface area contributed by atoms with Crippen LogP contribution in [0.3, 0.4) is 0 Å². The van der Waals surface area contributed by atoms with E-state index in [9.17, 15) is 8.42 Å². The average Bonchev–Trinajstić information content (AvgIpc) is 2.91. The Kier molecular flexibility index (Phi) is 4.71. The summed E-state index contributed by atoms with van der Waals surface area (Å²) in [4.78, 5) is 4.35. The lowest BCUT2D eigenvalue weighted by Gasteiger charge is -2.10. The molecule has 3 N–H and O–H groups in total. The maximum Gasteiger partial charge on any atom is 0.240 e. The number of thiocarbonyl (C=S) groups is 1. The van der Waals surface area contributed by atoms with E-state index >= 15 is 0 Å². The molecule has 0 amide bonds. The van der Waals surface area contributed by atoms with Crippen LogP contribution in [-0.4, -0.2) is 29.5 Å². The standard InChI is InChI=1S/C13H16N4O2S2/c1-10-8-11(2-3-12(10)13(14)20)21(18,19)16-5-7-17-6-4-15-9-17/h2-4,6,8-9,16H,5,7H2,1H3,(H2,14,20). The number of hydrogen-bond donors (Lipinski definition) is 2. The molecule has 0 fully saturated rings. The summed E-state index contributed by atoms with van der Waals surface area (Å²) in [6.07, 6.45) is 5.05. The number of nitrogens with zero attached hydrogens (tertiary/aromatic N) is 2. The lowest BCUT2D eigenvalue weighted by molar-refractivity contribution is 0.572. The highest BCUT2D eigenvalue weighted by atomic mass is 32.2. The molecule has 0 saturated carbocycles. The van der Waals surface area contributed by atoms with Gasteiger partial charge in [0, 0.05) is 31.0 Å². The van der Waals surface area contributed by atoms with Crippen molar-refractivity contribution in [2.24, 2.45) is 5.73 Å². The molecule has 0 unspecified atom stereocenters. The van der Waals surface area contributed by atoms with Crippen molar-refractivity contribution in [2.45, 2.75) is 18.4 Å². The van der Waals surface area contributed by atoms with Gasteiger partial charge in [-0.05, 0) is 24.6 Å². The zero-order valence-corrected chi connectivity index (χ0v) is 13.1. The zero-order valence-electron chi connectivity index (χ0n) is 11.5. The van der Waals surface area contributed by atoms with Gasteiger partial charge in [-0.3, -0.25) is 0 Å². The van der Waals surface area contributed by atoms with E-state index in [1.165, 1.54) is 6.07 Å². The molecule has 0 bridgehead atoms. The number of benzene rings is 1. The van der Waals surface area contributed by atoms with Crippen molar-refractivity contribution in [1.29, 1.82) is 0 Å². The summed E-state index contributed by atoms with van der Waals surface area (Å²) in [5.74, 6) is 0. The van der Waals surface area contributed by atoms with Gasteiger partial charge in [-0.2, -0.15) is 0 Å². The van der Waals surface area contributed by atoms with E-state index in [0.717, 1.165) is 5.56 Å². The van der Waals surface area contributed by atoms with Gasteiger partial charge in [0.1, 0.15) is 4.99 Å². The van der Waals surface area contributed by atoms with E-state index in [1.54, 1.807) is 42.3 Å². The third-order valence-corrected chi connectivity index (χ3v) is 4.67. The molecule has 0 atom stereocenters. The van der Waals surface area contributed by atoms with Crippen molar-refractivity contribution in [3.63, 3.8) is 0 Å². The minimum atomic E-state index is -3.55. The van der Waals surface area contributed by atoms with Crippen molar-refractivity contribution in [1.82, 2.24) is 14.3 Å². The molecule has 0 saturated heterocycles. The van der Waals surface area contributed by atoms with Crippen LogP contribution in [-0.2, 0) is 16.6 Å². The molecule has 1 aromatic carbocycles. The summed E-state index contributed by atoms with van der Waals surface area (Å²) < 4.78 is 28.7. The topological polar surface area (TPSA) is 90.0 Å². The maximum atomic E-state index is 12.2. The van der Waals surface area contributed by atoms with Crippen LogP contribution in [0.25, 0.3) is 0 Å². The Morgan fingerprint density at radius 3 is 2.81 bits per heavy atom. The monoisotopic (exact) mass is 324 g/mol. The van der Waals surface area contributed by atoms with Gasteiger partial charge in [0.25, 0.3) is 0 Å². The second kappa shape index (κ2) is 6.33. The summed E-state index contributed by atoms with van der Waals surface area (Å²) >= 11 is 4.91. The molecule has 21 heavy (non-hydrogen) atoms. The fourth-order valence-corrected chi connectivity index (χ4v) is 3.23. The first-order valence-electron chi connectivity index (χ1n) is 6.26. The fraction of sp³-hybridized carbons (Fsp3) is 0.231. The van der Waals surface area contributed by atoms with E-state index in [4.69, 9.17) is 18.0 Å². The van der Waals surface area contributed by atoms with Crippen LogP contribution in [0.1, 0.15) is 11.1 Å². The number of aromatic nitrogens is 2. The molecular formula is C13H16N4O2S2. The normalized spacial score (nSPS) is 11.5. The van der Waals surface area contributed by atoms with Crippen LogP contribution in [0.15, 0.2) is 41.8 Å². The van der Waals surface area contributed by atoms with Crippen molar-refractivity contribution in [3.8, 4) is 0 Å². The molecule has 0 aliphatic heterocycles. The second-order valence-electron chi connectivity index (χ2n) is 4.54. The van der Waals surface area contributed by atoms with Gasteiger partial charge in [-0.25, -0.2) is 18.1 Å². The van der Waals surface area contributed by atoms with E-state index in [-0.39, 0.29) is 16.4 Å². The highest BCUT2D eigenvalue weighted by Gasteiger charge is 2.15. The van der Waals surface area contributed by atoms with Crippen LogP contribution in [0.2, 0.25) is 0 Å². The highest BCUT2D eigenvalue weighted by molar-refractivity contribution is 7.89. The summed E-state index contributed by atoms with van der Waals surface area (Å²) in [6, 6.07) is 4.69. The number of hydrogen-bond acceptors (Lipinski definition) is 4. The minimum Gasteiger partial charge on any atom is -0.389 e. The quantitative estimate of drug-likeness (QED) is 0.767. The number of sulfonamides is 1. The Hall–Kier alpha value is -1.77. The van der Waals surface area contributed by atoms with Gasteiger partial charge < -0.3 is 10.3 Å². The number of aryl methyl sites for hydroxylation is 1. The van der Waals surface area contributed by atoms with Gasteiger partial charge in [-0.1, -0.05) is 18.3 Å². The van der Waals surface area contributed by atoms with Crippen molar-refractivity contribution in [2.75, 3.05) is 6.54 Å². The number of rotatable bonds is 6. The zero-order chi connectivity index (χ0) is 15.5. The van der Waals surface area contributed by atoms with Crippen molar-refractivity contribution in [3.05, 3.63) is 48.0 Å². The molecule has 1 heterocycles. The van der Waals surface area contributed by atoms with E-state index in [1.807, 2.05) is 0 Å². The van der Waals surface area contributed by atoms with Crippen LogP contribution >= 0.6 is 12.2 Å². The number of nitrogens with one attached hydrogen (secondary N) is 1. The van der Waals surface area contributed by atoms with Gasteiger partial charge in [0.2, 0.25) is 10.0 Å². The van der Waals surface area contributed by atoms with E-state index in [0.29, 0.717) is 12.1 Å². The van der Waals surface area contributed by atoms with Crippen LogP contribution in [0.4, 0.5) is 0 Å². The Balaban J connectivity index is 2.08. The van der Waals surface area contributed by atoms with E-state index < -0.39 is 10.0 Å². The molecule has 2 rings (SSSR count). The first-order valence-corrected chi connectivity index (χ1v) is 8.15. The van der Waals surface area contributed by atoms with Crippen LogP contribution < -0.4 is 10.5 Å². The van der Waals surface area contributed by atoms with Gasteiger partial charge >= 0.3 is 0 Å². The summed E-state index contributed by atoms with van der Waals surface area (Å²) in [7, 11) is -3.55. The molecular weight excluding hydrogens is 308 g/mol. The molecule has 0 spiro atoms. The predicted molar refractivity (Wildman–Crippen MR) is 84.5 cm³/mol. The second-order valence-corrected chi connectivity index (χ2v) is 6.75. The largest absolute Gasteiger partial charge is 0.389 e. The third kappa shape index (κ3) is 3.87. The highest BCUT2D eigenvalue weighted by Crippen LogP contribution is 2.15. The van der Waals surface area contributed by atoms with Crippen molar-refractivity contribution < 1.29 is 8.42 Å². The van der Waals surface area contributed by atoms with Crippen molar-refractivity contribution >= 4 is 27.2 Å². The van der Waals surface area contributed by atoms with Crippen LogP contribution in [0, 0.1) is 6.92 Å². The van der Waals surface area contributed by atoms with Gasteiger partial charge in [0.15, 0.2) is 0 Å². The molecule has 2 aromatic rings. The Bertz CT molecular complexity index is 740. The number of nitrogens with two attached hydrogens (primary N) is 1. The first kappa shape index (κ1) is 15.6. The molecule has 0 aliphatic rings. The Morgan fingerprint density at radius 1 is 1.48 bits per heavy atom. The first-order chi connectivity index (χ1) is 9.90. The molecule has 0 aliphatic carbocycles. The molecule has 0 radical (unpaired) electrons. The van der Waals surface area contributed by atoms with Gasteiger partial charge in [-0.15, -0.1) is 0 Å². The Morgan fingerprint density at radius 2 is 2.24 bits per heavy atom. The Labute approximate surface area is 129 Å². The molecule has 6 nitrogen and oxygen atoms in total. The van der Waals surface area contributed by atoms with Crippen LogP contribution in [0.5, 0.6) is 0 Å². The third-order valence-electron chi connectivity index (χ3n) is 2.99. The van der Waals surface area contributed by atoms with Gasteiger partial charge in [0.05, 0.1) is 11.2 Å². The molecule has 1 aromatic heterocycles. The fourth-order valence-electron chi connectivity index (χ4n) is 1.89. The lowest BCUT2D eigenvalue weighted by Crippen LogP contribution is -2.27. The summed E-state index contributed by atoms with van der Waals surface area (Å²) in [5.41, 5.74) is 6.98. The van der Waals surface area contributed by atoms with E-state index in [2.05, 4.69) is 9.71 Å². The smallest absolute Gasteiger partial charge is 0.240 e. The summed E-state index contributed by atoms with van der Waals surface area (Å²) in [6.45, 7) is 2.58. The minimum absolute atomic E-state index is 0.200. The number of imidazole rings is 1. The SMILES string of the molecule is Cc1cc(S(=O)(=O)NCCn2ccnc2)ccc1C(N)=S. The predicted octanol–water partition coefficient (Wildman–Crippen LogP) is 0.804. The summed E-state index contributed by atoms with van der Waals surface area (Å²) in [5, 5.41) is 0. The lowest BCUT2D eigenvalue weighted by atomic mass is 10.1.